The first kappa shape index (κ1) is 15.3. The van der Waals surface area contributed by atoms with Gasteiger partial charge in [-0.2, -0.15) is 0 Å². The Morgan fingerprint density at radius 1 is 1.38 bits per heavy atom. The molecule has 4 heteroatoms. The van der Waals surface area contributed by atoms with E-state index in [4.69, 9.17) is 14.3 Å². The van der Waals surface area contributed by atoms with Crippen LogP contribution in [0.1, 0.15) is 13.3 Å². The molecule has 1 heterocycles. The van der Waals surface area contributed by atoms with Crippen molar-refractivity contribution < 1.29 is 14.3 Å². The number of methoxy groups -OCH3 is 2. The molecule has 1 aliphatic heterocycles. The molecular weight excluding hydrogens is 206 g/mol. The predicted molar refractivity (Wildman–Crippen MR) is 64.6 cm³/mol. The summed E-state index contributed by atoms with van der Waals surface area (Å²) < 4.78 is 10.7. The fraction of sp³-hybridized carbons (Fsp3) is 0.750. The molecule has 0 aromatic carbocycles. The van der Waals surface area contributed by atoms with Crippen molar-refractivity contribution in [3.05, 3.63) is 12.2 Å². The van der Waals surface area contributed by atoms with Crippen molar-refractivity contribution in [3.63, 3.8) is 0 Å². The number of likely N-dealkylation sites (N-methyl/N-ethyl adjacent to an activating group) is 1. The summed E-state index contributed by atoms with van der Waals surface area (Å²) >= 11 is 0. The van der Waals surface area contributed by atoms with Gasteiger partial charge in [0, 0.05) is 27.3 Å². The number of carbonyl (C=O) groups is 1. The molecule has 4 nitrogen and oxygen atoms in total. The van der Waals surface area contributed by atoms with Gasteiger partial charge in [0.15, 0.2) is 0 Å². The summed E-state index contributed by atoms with van der Waals surface area (Å²) in [5.74, 6) is 0. The van der Waals surface area contributed by atoms with E-state index in [2.05, 4.69) is 24.1 Å². The molecule has 0 radical (unpaired) electrons. The van der Waals surface area contributed by atoms with Crippen molar-refractivity contribution >= 4 is 6.29 Å². The Balaban J connectivity index is 0.000000673. The largest absolute Gasteiger partial charge is 0.377 e. The van der Waals surface area contributed by atoms with Gasteiger partial charge in [0.25, 0.3) is 0 Å². The third-order valence-corrected chi connectivity index (χ3v) is 2.44. The lowest BCUT2D eigenvalue weighted by atomic mass is 10.1. The third kappa shape index (κ3) is 6.00. The highest BCUT2D eigenvalue weighted by molar-refractivity contribution is 5.44. The summed E-state index contributed by atoms with van der Waals surface area (Å²) in [4.78, 5) is 11.1. The molecule has 1 rings (SSSR count). The zero-order valence-electron chi connectivity index (χ0n) is 10.7. The van der Waals surface area contributed by atoms with Crippen LogP contribution in [0.4, 0.5) is 0 Å². The lowest BCUT2D eigenvalue weighted by Gasteiger charge is -2.28. The van der Waals surface area contributed by atoms with Crippen LogP contribution in [0.15, 0.2) is 12.2 Å². The summed E-state index contributed by atoms with van der Waals surface area (Å²) in [6.45, 7) is 3.46. The maximum absolute atomic E-state index is 8.81. The van der Waals surface area contributed by atoms with Gasteiger partial charge >= 0.3 is 0 Å². The quantitative estimate of drug-likeness (QED) is 0.525. The van der Waals surface area contributed by atoms with Gasteiger partial charge in [-0.25, -0.2) is 0 Å². The minimum absolute atomic E-state index is 0.0905. The fourth-order valence-electron chi connectivity index (χ4n) is 1.59. The molecule has 0 saturated carbocycles. The van der Waals surface area contributed by atoms with E-state index < -0.39 is 0 Å². The molecule has 0 aromatic heterocycles. The average Bonchev–Trinajstić information content (AvgIpc) is 2.25. The SMILES string of the molecule is CC=O.COC1/C=C\CCN(C)CC1OC. The second-order valence-electron chi connectivity index (χ2n) is 3.69. The minimum Gasteiger partial charge on any atom is -0.377 e. The first-order valence-electron chi connectivity index (χ1n) is 5.50. The molecule has 0 amide bonds. The fourth-order valence-corrected chi connectivity index (χ4v) is 1.59. The van der Waals surface area contributed by atoms with Crippen LogP contribution >= 0.6 is 0 Å². The van der Waals surface area contributed by atoms with E-state index in [1.165, 1.54) is 6.92 Å². The third-order valence-electron chi connectivity index (χ3n) is 2.44. The van der Waals surface area contributed by atoms with Crippen molar-refractivity contribution in [1.82, 2.24) is 4.90 Å². The van der Waals surface area contributed by atoms with Gasteiger partial charge in [0.2, 0.25) is 0 Å². The number of nitrogens with zero attached hydrogens (tertiary/aromatic N) is 1. The molecule has 0 aliphatic carbocycles. The Bertz CT molecular complexity index is 206. The van der Waals surface area contributed by atoms with Gasteiger partial charge in [0.1, 0.15) is 12.4 Å². The molecule has 0 saturated heterocycles. The molecule has 0 bridgehead atoms. The summed E-state index contributed by atoms with van der Waals surface area (Å²) in [5, 5.41) is 0. The van der Waals surface area contributed by atoms with Crippen molar-refractivity contribution in [3.8, 4) is 0 Å². The first-order chi connectivity index (χ1) is 7.69. The van der Waals surface area contributed by atoms with Gasteiger partial charge in [-0.1, -0.05) is 12.2 Å². The molecule has 1 aliphatic rings. The van der Waals surface area contributed by atoms with Crippen LogP contribution in [0.5, 0.6) is 0 Å². The molecule has 2 unspecified atom stereocenters. The number of aldehydes is 1. The summed E-state index contributed by atoms with van der Waals surface area (Å²) in [7, 11) is 5.57. The monoisotopic (exact) mass is 229 g/mol. The van der Waals surface area contributed by atoms with Crippen LogP contribution in [0.25, 0.3) is 0 Å². The van der Waals surface area contributed by atoms with Crippen molar-refractivity contribution in [2.45, 2.75) is 25.6 Å². The van der Waals surface area contributed by atoms with E-state index in [1.807, 2.05) is 0 Å². The van der Waals surface area contributed by atoms with E-state index >= 15 is 0 Å². The molecule has 0 N–H and O–H groups in total. The van der Waals surface area contributed by atoms with Gasteiger partial charge in [-0.3, -0.25) is 0 Å². The van der Waals surface area contributed by atoms with E-state index in [0.29, 0.717) is 0 Å². The van der Waals surface area contributed by atoms with Crippen LogP contribution in [-0.2, 0) is 14.3 Å². The normalized spacial score (nSPS) is 28.2. The zero-order chi connectivity index (χ0) is 12.4. The van der Waals surface area contributed by atoms with E-state index in [9.17, 15) is 0 Å². The Morgan fingerprint density at radius 3 is 2.50 bits per heavy atom. The van der Waals surface area contributed by atoms with E-state index in [-0.39, 0.29) is 12.2 Å². The van der Waals surface area contributed by atoms with Crippen LogP contribution in [0.3, 0.4) is 0 Å². The maximum atomic E-state index is 8.81. The molecule has 0 spiro atoms. The summed E-state index contributed by atoms with van der Waals surface area (Å²) in [6, 6.07) is 0. The second kappa shape index (κ2) is 9.51. The lowest BCUT2D eigenvalue weighted by Crippen LogP contribution is -2.40. The molecule has 0 fully saturated rings. The average molecular weight is 229 g/mol. The number of ether oxygens (including phenoxy) is 2. The molecular formula is C12H23NO3. The molecule has 94 valence electrons. The van der Waals surface area contributed by atoms with Gasteiger partial charge in [0.05, 0.1) is 6.10 Å². The van der Waals surface area contributed by atoms with Crippen LogP contribution in [0.2, 0.25) is 0 Å². The topological polar surface area (TPSA) is 38.8 Å². The molecule has 2 atom stereocenters. The molecule has 0 aromatic rings. The predicted octanol–water partition coefficient (Wildman–Crippen LogP) is 1.11. The standard InChI is InChI=1S/C10H19NO2.C2H4O/c1-11-7-5-4-6-9(12-2)10(8-11)13-3;1-2-3/h4,6,9-10H,5,7-8H2,1-3H3;2H,1H3/b6-4-;. The smallest absolute Gasteiger partial charge is 0.116 e. The van der Waals surface area contributed by atoms with E-state index in [0.717, 1.165) is 25.8 Å². The van der Waals surface area contributed by atoms with E-state index in [1.54, 1.807) is 14.2 Å². The Hall–Kier alpha value is -0.710. The van der Waals surface area contributed by atoms with Crippen LogP contribution in [0, 0.1) is 0 Å². The van der Waals surface area contributed by atoms with Gasteiger partial charge in [-0.15, -0.1) is 0 Å². The van der Waals surface area contributed by atoms with Crippen molar-refractivity contribution in [2.75, 3.05) is 34.4 Å². The molecule has 16 heavy (non-hydrogen) atoms. The summed E-state index contributed by atoms with van der Waals surface area (Å²) in [5.41, 5.74) is 0. The second-order valence-corrected chi connectivity index (χ2v) is 3.69. The lowest BCUT2D eigenvalue weighted by molar-refractivity contribution is -0.106. The van der Waals surface area contributed by atoms with Crippen molar-refractivity contribution in [1.29, 1.82) is 0 Å². The maximum Gasteiger partial charge on any atom is 0.116 e. The van der Waals surface area contributed by atoms with Crippen LogP contribution < -0.4 is 0 Å². The highest BCUT2D eigenvalue weighted by Crippen LogP contribution is 2.09. The minimum atomic E-state index is 0.0905. The number of hydrogen-bond acceptors (Lipinski definition) is 4. The number of carbonyl (C=O) groups excluding carboxylic acids is 1. The Morgan fingerprint density at radius 2 is 2.00 bits per heavy atom. The number of hydrogen-bond donors (Lipinski definition) is 0. The Kier molecular flexibility index (Phi) is 9.09. The van der Waals surface area contributed by atoms with Gasteiger partial charge < -0.3 is 19.2 Å². The van der Waals surface area contributed by atoms with Gasteiger partial charge in [-0.05, 0) is 20.4 Å². The summed E-state index contributed by atoms with van der Waals surface area (Å²) in [6.07, 6.45) is 6.34. The highest BCUT2D eigenvalue weighted by atomic mass is 16.5. The van der Waals surface area contributed by atoms with Crippen LogP contribution in [-0.4, -0.2) is 57.8 Å². The highest BCUT2D eigenvalue weighted by Gasteiger charge is 2.21. The Labute approximate surface area is 98.2 Å². The zero-order valence-corrected chi connectivity index (χ0v) is 10.7. The van der Waals surface area contributed by atoms with Crippen molar-refractivity contribution in [2.24, 2.45) is 0 Å². The first-order valence-corrected chi connectivity index (χ1v) is 5.50. The number of rotatable bonds is 2.